The molecule has 0 radical (unpaired) electrons. The molecule has 0 bridgehead atoms. The predicted molar refractivity (Wildman–Crippen MR) is 74.6 cm³/mol. The molecule has 1 fully saturated rings. The van der Waals surface area contributed by atoms with E-state index in [1.165, 1.54) is 25.7 Å². The molecule has 0 aromatic rings. The van der Waals surface area contributed by atoms with Crippen molar-refractivity contribution >= 4 is 5.96 Å². The fraction of sp³-hybridized carbons (Fsp3) is 0.923. The van der Waals surface area contributed by atoms with E-state index >= 15 is 0 Å². The summed E-state index contributed by atoms with van der Waals surface area (Å²) in [6, 6.07) is 0. The van der Waals surface area contributed by atoms with Crippen molar-refractivity contribution in [3.8, 4) is 0 Å². The monoisotopic (exact) mass is 240 g/mol. The minimum Gasteiger partial charge on any atom is -0.349 e. The number of aliphatic imine (C=N–C) groups is 1. The summed E-state index contributed by atoms with van der Waals surface area (Å²) in [5, 5.41) is 0. The molecule has 1 aliphatic rings. The van der Waals surface area contributed by atoms with Crippen LogP contribution >= 0.6 is 0 Å². The first-order valence-electron chi connectivity index (χ1n) is 6.45. The number of hydrogen-bond acceptors (Lipinski definition) is 2. The molecular weight excluding hydrogens is 212 g/mol. The van der Waals surface area contributed by atoms with Crippen LogP contribution in [-0.4, -0.2) is 75.0 Å². The van der Waals surface area contributed by atoms with E-state index in [0.29, 0.717) is 0 Å². The van der Waals surface area contributed by atoms with Crippen LogP contribution in [0.2, 0.25) is 0 Å². The van der Waals surface area contributed by atoms with Crippen LogP contribution in [0.1, 0.15) is 25.7 Å². The molecule has 4 heteroatoms. The average Bonchev–Trinajstić information content (AvgIpc) is 2.66. The van der Waals surface area contributed by atoms with Gasteiger partial charge in [0.15, 0.2) is 5.96 Å². The zero-order valence-electron chi connectivity index (χ0n) is 12.3. The van der Waals surface area contributed by atoms with Crippen molar-refractivity contribution in [2.75, 3.05) is 48.8 Å². The van der Waals surface area contributed by atoms with Gasteiger partial charge in [0.05, 0.1) is 6.54 Å². The van der Waals surface area contributed by atoms with E-state index in [2.05, 4.69) is 57.0 Å². The van der Waals surface area contributed by atoms with Gasteiger partial charge >= 0.3 is 0 Å². The minimum absolute atomic E-state index is 0.289. The molecule has 0 aromatic carbocycles. The lowest BCUT2D eigenvalue weighted by molar-refractivity contribution is 0.166. The van der Waals surface area contributed by atoms with Gasteiger partial charge in [-0.25, -0.2) is 0 Å². The molecular formula is C13H28N4. The Labute approximate surface area is 106 Å². The van der Waals surface area contributed by atoms with E-state index in [-0.39, 0.29) is 5.54 Å². The summed E-state index contributed by atoms with van der Waals surface area (Å²) in [5.74, 6) is 1.05. The smallest absolute Gasteiger partial charge is 0.195 e. The third-order valence-corrected chi connectivity index (χ3v) is 3.80. The fourth-order valence-corrected chi connectivity index (χ4v) is 2.68. The summed E-state index contributed by atoms with van der Waals surface area (Å²) in [7, 11) is 12.6. The summed E-state index contributed by atoms with van der Waals surface area (Å²) in [5.41, 5.74) is 0.289. The van der Waals surface area contributed by atoms with Crippen LogP contribution in [0.4, 0.5) is 0 Å². The zero-order valence-corrected chi connectivity index (χ0v) is 12.3. The van der Waals surface area contributed by atoms with Crippen LogP contribution in [0.25, 0.3) is 0 Å². The van der Waals surface area contributed by atoms with Crippen LogP contribution in [0.15, 0.2) is 4.99 Å². The van der Waals surface area contributed by atoms with Gasteiger partial charge in [0, 0.05) is 33.7 Å². The number of likely N-dealkylation sites (N-methyl/N-ethyl adjacent to an activating group) is 1. The molecule has 1 saturated carbocycles. The molecule has 100 valence electrons. The molecule has 1 rings (SSSR count). The van der Waals surface area contributed by atoms with Gasteiger partial charge in [-0.05, 0) is 26.9 Å². The molecule has 0 aliphatic heterocycles. The number of hydrogen-bond donors (Lipinski definition) is 0. The minimum atomic E-state index is 0.289. The van der Waals surface area contributed by atoms with Crippen molar-refractivity contribution in [3.05, 3.63) is 0 Å². The quantitative estimate of drug-likeness (QED) is 0.549. The highest BCUT2D eigenvalue weighted by molar-refractivity contribution is 5.79. The Bertz CT molecular complexity index is 253. The lowest BCUT2D eigenvalue weighted by atomic mass is 9.96. The first-order chi connectivity index (χ1) is 7.89. The predicted octanol–water partition coefficient (Wildman–Crippen LogP) is 1.34. The Morgan fingerprint density at radius 1 is 0.941 bits per heavy atom. The SMILES string of the molecule is CN(C)C(=NCC1(N(C)C)CCCC1)N(C)C. The molecule has 0 aromatic heterocycles. The van der Waals surface area contributed by atoms with E-state index in [1.807, 2.05) is 0 Å². The van der Waals surface area contributed by atoms with Crippen LogP contribution < -0.4 is 0 Å². The lowest BCUT2D eigenvalue weighted by Crippen LogP contribution is -2.46. The first-order valence-corrected chi connectivity index (χ1v) is 6.45. The molecule has 0 unspecified atom stereocenters. The molecule has 17 heavy (non-hydrogen) atoms. The maximum Gasteiger partial charge on any atom is 0.195 e. The highest BCUT2D eigenvalue weighted by Gasteiger charge is 2.35. The van der Waals surface area contributed by atoms with Crippen LogP contribution in [0.3, 0.4) is 0 Å². The van der Waals surface area contributed by atoms with E-state index in [1.54, 1.807) is 0 Å². The molecule has 4 nitrogen and oxygen atoms in total. The van der Waals surface area contributed by atoms with E-state index in [9.17, 15) is 0 Å². The summed E-state index contributed by atoms with van der Waals surface area (Å²) in [6.45, 7) is 0.908. The van der Waals surface area contributed by atoms with Gasteiger partial charge in [0.1, 0.15) is 0 Å². The van der Waals surface area contributed by atoms with Crippen molar-refractivity contribution in [2.24, 2.45) is 4.99 Å². The molecule has 0 N–H and O–H groups in total. The van der Waals surface area contributed by atoms with Crippen molar-refractivity contribution < 1.29 is 0 Å². The molecule has 0 spiro atoms. The van der Waals surface area contributed by atoms with E-state index in [0.717, 1.165) is 12.5 Å². The van der Waals surface area contributed by atoms with Gasteiger partial charge in [-0.15, -0.1) is 0 Å². The summed E-state index contributed by atoms with van der Waals surface area (Å²) >= 11 is 0. The largest absolute Gasteiger partial charge is 0.349 e. The van der Waals surface area contributed by atoms with Crippen LogP contribution in [0.5, 0.6) is 0 Å². The maximum atomic E-state index is 4.82. The van der Waals surface area contributed by atoms with Crippen molar-refractivity contribution in [1.82, 2.24) is 14.7 Å². The number of guanidine groups is 1. The lowest BCUT2D eigenvalue weighted by Gasteiger charge is -2.35. The van der Waals surface area contributed by atoms with Crippen LogP contribution in [0, 0.1) is 0 Å². The highest BCUT2D eigenvalue weighted by Crippen LogP contribution is 2.34. The topological polar surface area (TPSA) is 22.1 Å². The Hall–Kier alpha value is -0.770. The summed E-state index contributed by atoms with van der Waals surface area (Å²) in [4.78, 5) is 11.4. The van der Waals surface area contributed by atoms with Crippen LogP contribution in [-0.2, 0) is 0 Å². The molecule has 0 atom stereocenters. The summed E-state index contributed by atoms with van der Waals surface area (Å²) < 4.78 is 0. The summed E-state index contributed by atoms with van der Waals surface area (Å²) in [6.07, 6.45) is 5.23. The van der Waals surface area contributed by atoms with Gasteiger partial charge in [0.2, 0.25) is 0 Å². The Morgan fingerprint density at radius 3 is 1.76 bits per heavy atom. The fourth-order valence-electron chi connectivity index (χ4n) is 2.68. The molecule has 0 amide bonds. The third-order valence-electron chi connectivity index (χ3n) is 3.80. The molecule has 0 saturated heterocycles. The van der Waals surface area contributed by atoms with Crippen molar-refractivity contribution in [2.45, 2.75) is 31.2 Å². The van der Waals surface area contributed by atoms with Crippen molar-refractivity contribution in [3.63, 3.8) is 0 Å². The highest BCUT2D eigenvalue weighted by atomic mass is 15.3. The zero-order chi connectivity index (χ0) is 13.1. The second-order valence-corrected chi connectivity index (χ2v) is 5.73. The van der Waals surface area contributed by atoms with Gasteiger partial charge in [-0.1, -0.05) is 12.8 Å². The van der Waals surface area contributed by atoms with Gasteiger partial charge < -0.3 is 14.7 Å². The van der Waals surface area contributed by atoms with Gasteiger partial charge in [-0.3, -0.25) is 4.99 Å². The molecule has 1 aliphatic carbocycles. The standard InChI is InChI=1S/C13H28N4/c1-15(2)12(16(3)4)14-11-13(17(5)6)9-7-8-10-13/h7-11H2,1-6H3. The first kappa shape index (κ1) is 14.3. The third kappa shape index (κ3) is 3.35. The Balaban J connectivity index is 2.77. The number of nitrogens with zero attached hydrogens (tertiary/aromatic N) is 4. The second kappa shape index (κ2) is 5.71. The Morgan fingerprint density at radius 2 is 1.41 bits per heavy atom. The van der Waals surface area contributed by atoms with E-state index < -0.39 is 0 Å². The second-order valence-electron chi connectivity index (χ2n) is 5.73. The maximum absolute atomic E-state index is 4.82. The molecule has 0 heterocycles. The average molecular weight is 240 g/mol. The van der Waals surface area contributed by atoms with Gasteiger partial charge in [0.25, 0.3) is 0 Å². The normalized spacial score (nSPS) is 18.3. The Kier molecular flexibility index (Phi) is 4.80. The van der Waals surface area contributed by atoms with Crippen molar-refractivity contribution in [1.29, 1.82) is 0 Å². The number of rotatable bonds is 3. The van der Waals surface area contributed by atoms with Gasteiger partial charge in [-0.2, -0.15) is 0 Å². The van der Waals surface area contributed by atoms with E-state index in [4.69, 9.17) is 4.99 Å².